The molecule has 0 radical (unpaired) electrons. The number of amides is 1. The first-order valence-electron chi connectivity index (χ1n) is 5.95. The number of rotatable bonds is 3. The first-order valence-corrected chi connectivity index (χ1v) is 7.10. The normalized spacial score (nSPS) is 23.1. The fraction of sp³-hybridized carbons (Fsp3) is 0.462. The standard InChI is InChI=1S/C13H17NO2S2/c15-13(14-6-11(9-17)12(18)7-14)16-8-10-4-2-1-3-5-10/h1-5,11-12,17-18H,6-9H2. The molecule has 3 nitrogen and oxygen atoms in total. The summed E-state index contributed by atoms with van der Waals surface area (Å²) in [4.78, 5) is 13.6. The van der Waals surface area contributed by atoms with Gasteiger partial charge in [-0.1, -0.05) is 30.3 Å². The van der Waals surface area contributed by atoms with E-state index in [-0.39, 0.29) is 11.3 Å². The van der Waals surface area contributed by atoms with Crippen LogP contribution in [0.25, 0.3) is 0 Å². The minimum absolute atomic E-state index is 0.201. The van der Waals surface area contributed by atoms with Crippen molar-refractivity contribution in [1.82, 2.24) is 4.90 Å². The van der Waals surface area contributed by atoms with Crippen molar-refractivity contribution >= 4 is 31.4 Å². The van der Waals surface area contributed by atoms with E-state index in [4.69, 9.17) is 4.74 Å². The highest BCUT2D eigenvalue weighted by molar-refractivity contribution is 7.81. The summed E-state index contributed by atoms with van der Waals surface area (Å²) in [5.41, 5.74) is 0.998. The van der Waals surface area contributed by atoms with Gasteiger partial charge in [0.05, 0.1) is 0 Å². The molecular formula is C13H17NO2S2. The molecule has 1 amide bonds. The zero-order valence-corrected chi connectivity index (χ0v) is 11.8. The summed E-state index contributed by atoms with van der Waals surface area (Å²) in [6.07, 6.45) is -0.262. The van der Waals surface area contributed by atoms with Gasteiger partial charge in [0.1, 0.15) is 6.61 Å². The predicted molar refractivity (Wildman–Crippen MR) is 78.3 cm³/mol. The van der Waals surface area contributed by atoms with E-state index in [0.717, 1.165) is 11.3 Å². The minimum atomic E-state index is -0.262. The van der Waals surface area contributed by atoms with Gasteiger partial charge >= 0.3 is 6.09 Å². The molecule has 1 aliphatic heterocycles. The largest absolute Gasteiger partial charge is 0.445 e. The lowest BCUT2D eigenvalue weighted by atomic mass is 10.1. The van der Waals surface area contributed by atoms with Crippen LogP contribution >= 0.6 is 25.3 Å². The highest BCUT2D eigenvalue weighted by Crippen LogP contribution is 2.23. The molecule has 18 heavy (non-hydrogen) atoms. The van der Waals surface area contributed by atoms with Crippen LogP contribution in [-0.4, -0.2) is 35.1 Å². The molecule has 5 heteroatoms. The molecule has 1 fully saturated rings. The Bertz CT molecular complexity index is 399. The molecule has 1 aromatic carbocycles. The Labute approximate surface area is 118 Å². The van der Waals surface area contributed by atoms with E-state index in [1.165, 1.54) is 0 Å². The maximum absolute atomic E-state index is 11.9. The molecule has 1 heterocycles. The van der Waals surface area contributed by atoms with Crippen LogP contribution in [0.4, 0.5) is 4.79 Å². The minimum Gasteiger partial charge on any atom is -0.445 e. The molecule has 1 aliphatic rings. The lowest BCUT2D eigenvalue weighted by Gasteiger charge is -2.15. The molecule has 0 saturated carbocycles. The van der Waals surface area contributed by atoms with Crippen molar-refractivity contribution in [1.29, 1.82) is 0 Å². The SMILES string of the molecule is O=C(OCc1ccccc1)N1CC(S)C(CS)C1. The monoisotopic (exact) mass is 283 g/mol. The second-order valence-electron chi connectivity index (χ2n) is 4.46. The van der Waals surface area contributed by atoms with Crippen LogP contribution in [0.2, 0.25) is 0 Å². The van der Waals surface area contributed by atoms with Gasteiger partial charge in [-0.3, -0.25) is 0 Å². The lowest BCUT2D eigenvalue weighted by molar-refractivity contribution is 0.103. The van der Waals surface area contributed by atoms with Crippen molar-refractivity contribution < 1.29 is 9.53 Å². The average Bonchev–Trinajstić information content (AvgIpc) is 2.78. The summed E-state index contributed by atoms with van der Waals surface area (Å²) in [5, 5.41) is 0.201. The number of likely N-dealkylation sites (tertiary alicyclic amines) is 1. The number of nitrogens with zero attached hydrogens (tertiary/aromatic N) is 1. The number of ether oxygens (including phenoxy) is 1. The number of hydrogen-bond donors (Lipinski definition) is 2. The molecule has 0 aliphatic carbocycles. The van der Waals surface area contributed by atoms with Crippen molar-refractivity contribution in [3.63, 3.8) is 0 Å². The van der Waals surface area contributed by atoms with Gasteiger partial charge in [0, 0.05) is 18.3 Å². The van der Waals surface area contributed by atoms with Gasteiger partial charge < -0.3 is 9.64 Å². The van der Waals surface area contributed by atoms with E-state index in [1.807, 2.05) is 30.3 Å². The summed E-state index contributed by atoms with van der Waals surface area (Å²) in [7, 11) is 0. The van der Waals surface area contributed by atoms with Crippen molar-refractivity contribution in [2.24, 2.45) is 5.92 Å². The molecule has 0 N–H and O–H groups in total. The fourth-order valence-corrected chi connectivity index (χ4v) is 2.93. The van der Waals surface area contributed by atoms with Gasteiger partial charge in [-0.2, -0.15) is 25.3 Å². The Hall–Kier alpha value is -0.810. The molecule has 0 bridgehead atoms. The number of carbonyl (C=O) groups is 1. The van der Waals surface area contributed by atoms with Crippen molar-refractivity contribution in [2.75, 3.05) is 18.8 Å². The molecule has 2 unspecified atom stereocenters. The zero-order valence-electron chi connectivity index (χ0n) is 10.0. The van der Waals surface area contributed by atoms with E-state index >= 15 is 0 Å². The summed E-state index contributed by atoms with van der Waals surface area (Å²) in [5.74, 6) is 1.09. The van der Waals surface area contributed by atoms with Gasteiger partial charge in [-0.25, -0.2) is 4.79 Å². The molecule has 98 valence electrons. The van der Waals surface area contributed by atoms with Crippen molar-refractivity contribution in [3.8, 4) is 0 Å². The van der Waals surface area contributed by atoms with Crippen molar-refractivity contribution in [2.45, 2.75) is 11.9 Å². The highest BCUT2D eigenvalue weighted by Gasteiger charge is 2.32. The Morgan fingerprint density at radius 3 is 2.67 bits per heavy atom. The Morgan fingerprint density at radius 1 is 1.33 bits per heavy atom. The lowest BCUT2D eigenvalue weighted by Crippen LogP contribution is -2.29. The second kappa shape index (κ2) is 6.38. The van der Waals surface area contributed by atoms with E-state index in [1.54, 1.807) is 4.90 Å². The quantitative estimate of drug-likeness (QED) is 0.835. The second-order valence-corrected chi connectivity index (χ2v) is 5.48. The maximum Gasteiger partial charge on any atom is 0.410 e. The molecular weight excluding hydrogens is 266 g/mol. The summed E-state index contributed by atoms with van der Waals surface area (Å²) >= 11 is 8.73. The predicted octanol–water partition coefficient (Wildman–Crippen LogP) is 2.48. The Balaban J connectivity index is 1.82. The van der Waals surface area contributed by atoms with Gasteiger partial charge in [0.25, 0.3) is 0 Å². The third-order valence-electron chi connectivity index (χ3n) is 3.10. The summed E-state index contributed by atoms with van der Waals surface area (Å²) < 4.78 is 5.28. The first-order chi connectivity index (χ1) is 8.70. The molecule has 1 aromatic rings. The summed E-state index contributed by atoms with van der Waals surface area (Å²) in [6.45, 7) is 1.65. The molecule has 1 saturated heterocycles. The molecule has 0 spiro atoms. The van der Waals surface area contributed by atoms with Gasteiger partial charge in [0.2, 0.25) is 0 Å². The molecule has 2 rings (SSSR count). The van der Waals surface area contributed by atoms with E-state index < -0.39 is 0 Å². The topological polar surface area (TPSA) is 29.5 Å². The number of benzene rings is 1. The number of carbonyl (C=O) groups excluding carboxylic acids is 1. The third-order valence-corrected chi connectivity index (χ3v) is 4.16. The van der Waals surface area contributed by atoms with Gasteiger partial charge in [-0.15, -0.1) is 0 Å². The number of thiol groups is 2. The summed E-state index contributed by atoms with van der Waals surface area (Å²) in [6, 6.07) is 9.68. The molecule has 0 aromatic heterocycles. The Morgan fingerprint density at radius 2 is 2.06 bits per heavy atom. The Kier molecular flexibility index (Phi) is 4.83. The van der Waals surface area contributed by atoms with Crippen LogP contribution in [0, 0.1) is 5.92 Å². The third kappa shape index (κ3) is 3.36. The van der Waals surface area contributed by atoms with Crippen LogP contribution in [-0.2, 0) is 11.3 Å². The average molecular weight is 283 g/mol. The van der Waals surface area contributed by atoms with Gasteiger partial charge in [-0.05, 0) is 17.2 Å². The number of hydrogen-bond acceptors (Lipinski definition) is 4. The van der Waals surface area contributed by atoms with E-state index in [0.29, 0.717) is 25.6 Å². The van der Waals surface area contributed by atoms with Crippen LogP contribution in [0.1, 0.15) is 5.56 Å². The van der Waals surface area contributed by atoms with E-state index in [9.17, 15) is 4.79 Å². The van der Waals surface area contributed by atoms with E-state index in [2.05, 4.69) is 25.3 Å². The molecule has 2 atom stereocenters. The zero-order chi connectivity index (χ0) is 13.0. The maximum atomic E-state index is 11.9. The van der Waals surface area contributed by atoms with Crippen LogP contribution in [0.5, 0.6) is 0 Å². The van der Waals surface area contributed by atoms with Crippen LogP contribution < -0.4 is 0 Å². The smallest absolute Gasteiger partial charge is 0.410 e. The van der Waals surface area contributed by atoms with Crippen LogP contribution in [0.3, 0.4) is 0 Å². The highest BCUT2D eigenvalue weighted by atomic mass is 32.1. The first kappa shape index (κ1) is 13.6. The van der Waals surface area contributed by atoms with Crippen LogP contribution in [0.15, 0.2) is 30.3 Å². The van der Waals surface area contributed by atoms with Gasteiger partial charge in [0.15, 0.2) is 0 Å². The van der Waals surface area contributed by atoms with Crippen molar-refractivity contribution in [3.05, 3.63) is 35.9 Å². The fourth-order valence-electron chi connectivity index (χ4n) is 1.99.